The summed E-state index contributed by atoms with van der Waals surface area (Å²) in [7, 11) is 0. The average molecular weight is 355 g/mol. The van der Waals surface area contributed by atoms with Gasteiger partial charge < -0.3 is 19.2 Å². The lowest BCUT2D eigenvalue weighted by Crippen LogP contribution is -2.44. The number of nitrogens with zero attached hydrogens (tertiary/aromatic N) is 1. The van der Waals surface area contributed by atoms with Gasteiger partial charge in [0.2, 0.25) is 0 Å². The summed E-state index contributed by atoms with van der Waals surface area (Å²) in [5.41, 5.74) is -1.01. The number of aliphatic hydroxyl groups excluding tert-OH is 1. The molecule has 0 radical (unpaired) electrons. The number of rotatable bonds is 3. The van der Waals surface area contributed by atoms with Gasteiger partial charge in [-0.15, -0.1) is 0 Å². The van der Waals surface area contributed by atoms with Gasteiger partial charge in [-0.1, -0.05) is 12.1 Å². The lowest BCUT2D eigenvalue weighted by molar-refractivity contribution is -0.149. The zero-order chi connectivity index (χ0) is 18.0. The van der Waals surface area contributed by atoms with Gasteiger partial charge in [-0.05, 0) is 29.8 Å². The summed E-state index contributed by atoms with van der Waals surface area (Å²) in [6.07, 6.45) is -5.20. The van der Waals surface area contributed by atoms with Gasteiger partial charge in [-0.2, -0.15) is 13.2 Å². The Morgan fingerprint density at radius 1 is 1.28 bits per heavy atom. The van der Waals surface area contributed by atoms with Crippen LogP contribution in [0.2, 0.25) is 0 Å². The molecule has 1 fully saturated rings. The Morgan fingerprint density at radius 2 is 2.08 bits per heavy atom. The molecule has 2 heterocycles. The second-order valence-electron chi connectivity index (χ2n) is 5.68. The molecular weight excluding hydrogens is 339 g/mol. The Bertz CT molecular complexity index is 730. The highest BCUT2D eigenvalue weighted by Gasteiger charge is 2.34. The second-order valence-corrected chi connectivity index (χ2v) is 5.68. The Kier molecular flexibility index (Phi) is 4.82. The quantitative estimate of drug-likeness (QED) is 0.920. The molecule has 0 spiro atoms. The van der Waals surface area contributed by atoms with Gasteiger partial charge in [-0.3, -0.25) is 4.79 Å². The zero-order valence-electron chi connectivity index (χ0n) is 13.1. The molecule has 2 aromatic rings. The van der Waals surface area contributed by atoms with Crippen LogP contribution in [0.1, 0.15) is 29.1 Å². The van der Waals surface area contributed by atoms with Gasteiger partial charge in [0, 0.05) is 6.54 Å². The molecule has 1 aromatic heterocycles. The smallest absolute Gasteiger partial charge is 0.416 e. The van der Waals surface area contributed by atoms with Gasteiger partial charge in [0.1, 0.15) is 11.9 Å². The van der Waals surface area contributed by atoms with E-state index in [1.807, 2.05) is 0 Å². The number of carbonyl (C=O) groups excluding carboxylic acids is 1. The number of amides is 1. The van der Waals surface area contributed by atoms with E-state index in [4.69, 9.17) is 9.15 Å². The zero-order valence-corrected chi connectivity index (χ0v) is 13.1. The van der Waals surface area contributed by atoms with E-state index in [1.165, 1.54) is 23.3 Å². The van der Waals surface area contributed by atoms with E-state index in [0.717, 1.165) is 12.1 Å². The first-order valence-corrected chi connectivity index (χ1v) is 7.65. The van der Waals surface area contributed by atoms with Crippen molar-refractivity contribution in [1.29, 1.82) is 0 Å². The van der Waals surface area contributed by atoms with E-state index in [9.17, 15) is 23.1 Å². The summed E-state index contributed by atoms with van der Waals surface area (Å²) in [6, 6.07) is 7.54. The van der Waals surface area contributed by atoms with Crippen molar-refractivity contribution in [3.05, 3.63) is 59.5 Å². The lowest BCUT2D eigenvalue weighted by atomic mass is 10.0. The van der Waals surface area contributed by atoms with E-state index in [-0.39, 0.29) is 25.3 Å². The summed E-state index contributed by atoms with van der Waals surface area (Å²) < 4.78 is 49.2. The van der Waals surface area contributed by atoms with Crippen LogP contribution in [0.3, 0.4) is 0 Å². The molecule has 3 rings (SSSR count). The Morgan fingerprint density at radius 3 is 2.76 bits per heavy atom. The number of aliphatic hydroxyl groups is 1. The van der Waals surface area contributed by atoms with E-state index >= 15 is 0 Å². The largest absolute Gasteiger partial charge is 0.467 e. The number of carbonyl (C=O) groups is 1. The van der Waals surface area contributed by atoms with Gasteiger partial charge in [0.25, 0.3) is 5.91 Å². The number of hydrogen-bond donors (Lipinski definition) is 1. The standard InChI is InChI=1S/C17H16F3NO4/c18-17(19,20)12-4-1-3-11(9-12)15(22)16(23)21-6-8-25-14(10-21)13-5-2-7-24-13/h1-5,7,9,14-15,22H,6,8,10H2. The summed E-state index contributed by atoms with van der Waals surface area (Å²) >= 11 is 0. The molecule has 1 N–H and O–H groups in total. The molecule has 1 saturated heterocycles. The first-order valence-electron chi connectivity index (χ1n) is 7.65. The highest BCUT2D eigenvalue weighted by atomic mass is 19.4. The summed E-state index contributed by atoms with van der Waals surface area (Å²) in [6.45, 7) is 0.640. The number of ether oxygens (including phenoxy) is 1. The maximum Gasteiger partial charge on any atom is 0.416 e. The highest BCUT2D eigenvalue weighted by molar-refractivity contribution is 5.82. The third kappa shape index (κ3) is 3.85. The van der Waals surface area contributed by atoms with E-state index in [1.54, 1.807) is 12.1 Å². The Balaban J connectivity index is 1.74. The molecule has 5 nitrogen and oxygen atoms in total. The number of furan rings is 1. The van der Waals surface area contributed by atoms with Crippen LogP contribution in [0.4, 0.5) is 13.2 Å². The predicted molar refractivity (Wildman–Crippen MR) is 80.4 cm³/mol. The van der Waals surface area contributed by atoms with Crippen molar-refractivity contribution in [2.45, 2.75) is 18.4 Å². The fourth-order valence-electron chi connectivity index (χ4n) is 2.70. The molecule has 1 aliphatic heterocycles. The number of benzene rings is 1. The Labute approximate surface area is 141 Å². The first-order chi connectivity index (χ1) is 11.9. The number of alkyl halides is 3. The molecule has 8 heteroatoms. The average Bonchev–Trinajstić information content (AvgIpc) is 3.15. The maximum absolute atomic E-state index is 12.8. The maximum atomic E-state index is 12.8. The van der Waals surface area contributed by atoms with Crippen LogP contribution in [0, 0.1) is 0 Å². The van der Waals surface area contributed by atoms with E-state index in [2.05, 4.69) is 0 Å². The highest BCUT2D eigenvalue weighted by Crippen LogP contribution is 2.31. The van der Waals surface area contributed by atoms with Crippen molar-refractivity contribution in [2.24, 2.45) is 0 Å². The second kappa shape index (κ2) is 6.89. The molecule has 2 atom stereocenters. The molecule has 134 valence electrons. The van der Waals surface area contributed by atoms with Gasteiger partial charge in [0.05, 0.1) is 25.0 Å². The van der Waals surface area contributed by atoms with Crippen molar-refractivity contribution < 1.29 is 32.2 Å². The van der Waals surface area contributed by atoms with Crippen LogP contribution < -0.4 is 0 Å². The Hall–Kier alpha value is -2.32. The van der Waals surface area contributed by atoms with Crippen LogP contribution in [-0.2, 0) is 15.7 Å². The fourth-order valence-corrected chi connectivity index (χ4v) is 2.70. The van der Waals surface area contributed by atoms with E-state index in [0.29, 0.717) is 5.76 Å². The monoisotopic (exact) mass is 355 g/mol. The molecule has 1 aliphatic rings. The topological polar surface area (TPSA) is 62.9 Å². The van der Waals surface area contributed by atoms with Crippen molar-refractivity contribution in [3.8, 4) is 0 Å². The van der Waals surface area contributed by atoms with Crippen molar-refractivity contribution in [2.75, 3.05) is 19.7 Å². The predicted octanol–water partition coefficient (Wildman–Crippen LogP) is 2.93. The van der Waals surface area contributed by atoms with Crippen LogP contribution in [0.15, 0.2) is 47.1 Å². The third-order valence-electron chi connectivity index (χ3n) is 4.00. The minimum Gasteiger partial charge on any atom is -0.467 e. The molecule has 0 bridgehead atoms. The minimum atomic E-state index is -4.54. The molecule has 1 aromatic carbocycles. The van der Waals surface area contributed by atoms with Crippen LogP contribution in [0.5, 0.6) is 0 Å². The van der Waals surface area contributed by atoms with Crippen molar-refractivity contribution in [1.82, 2.24) is 4.90 Å². The first kappa shape index (κ1) is 17.5. The van der Waals surface area contributed by atoms with Gasteiger partial charge >= 0.3 is 6.18 Å². The van der Waals surface area contributed by atoms with Gasteiger partial charge in [-0.25, -0.2) is 0 Å². The third-order valence-corrected chi connectivity index (χ3v) is 4.00. The summed E-state index contributed by atoms with van der Waals surface area (Å²) in [5, 5.41) is 10.2. The fraction of sp³-hybridized carbons (Fsp3) is 0.353. The van der Waals surface area contributed by atoms with Crippen molar-refractivity contribution in [3.63, 3.8) is 0 Å². The number of morpholine rings is 1. The summed E-state index contributed by atoms with van der Waals surface area (Å²) in [5.74, 6) is -0.120. The van der Waals surface area contributed by atoms with Crippen LogP contribution >= 0.6 is 0 Å². The summed E-state index contributed by atoms with van der Waals surface area (Å²) in [4.78, 5) is 13.8. The number of hydrogen-bond acceptors (Lipinski definition) is 4. The SMILES string of the molecule is O=C(C(O)c1cccc(C(F)(F)F)c1)N1CCOC(c2ccco2)C1. The van der Waals surface area contributed by atoms with Crippen LogP contribution in [-0.4, -0.2) is 35.6 Å². The number of halogens is 3. The molecular formula is C17H16F3NO4. The molecule has 2 unspecified atom stereocenters. The van der Waals surface area contributed by atoms with Gasteiger partial charge in [0.15, 0.2) is 6.10 Å². The molecule has 0 aliphatic carbocycles. The van der Waals surface area contributed by atoms with Crippen LogP contribution in [0.25, 0.3) is 0 Å². The lowest BCUT2D eigenvalue weighted by Gasteiger charge is -2.33. The minimum absolute atomic E-state index is 0.0964. The molecule has 25 heavy (non-hydrogen) atoms. The molecule has 1 amide bonds. The van der Waals surface area contributed by atoms with E-state index < -0.39 is 29.9 Å². The van der Waals surface area contributed by atoms with Crippen molar-refractivity contribution >= 4 is 5.91 Å². The normalized spacial score (nSPS) is 19.7. The molecule has 0 saturated carbocycles.